The van der Waals surface area contributed by atoms with E-state index in [0.717, 1.165) is 16.3 Å². The van der Waals surface area contributed by atoms with Gasteiger partial charge >= 0.3 is 0 Å². The molecule has 0 bridgehead atoms. The molecule has 6 nitrogen and oxygen atoms in total. The zero-order valence-electron chi connectivity index (χ0n) is 13.8. The highest BCUT2D eigenvalue weighted by molar-refractivity contribution is 7.71. The molecule has 0 aliphatic carbocycles. The molecule has 0 amide bonds. The number of nitrogens with zero attached hydrogens (tertiary/aromatic N) is 3. The highest BCUT2D eigenvalue weighted by Crippen LogP contribution is 2.22. The van der Waals surface area contributed by atoms with Gasteiger partial charge in [0.25, 0.3) is 5.56 Å². The first-order chi connectivity index (χ1) is 12.5. The van der Waals surface area contributed by atoms with Crippen molar-refractivity contribution < 1.29 is 5.11 Å². The molecule has 2 heterocycles. The number of hydrogen-bond donors (Lipinski definition) is 2. The summed E-state index contributed by atoms with van der Waals surface area (Å²) in [4.78, 5) is 23.6. The van der Waals surface area contributed by atoms with Crippen LogP contribution in [0.2, 0.25) is 0 Å². The van der Waals surface area contributed by atoms with Crippen LogP contribution in [0, 0.1) is 11.7 Å². The van der Waals surface area contributed by atoms with E-state index in [-0.39, 0.29) is 16.2 Å². The first kappa shape index (κ1) is 16.2. The van der Waals surface area contributed by atoms with Crippen molar-refractivity contribution in [1.82, 2.24) is 9.55 Å². The summed E-state index contributed by atoms with van der Waals surface area (Å²) in [6, 6.07) is 14.8. The quantitative estimate of drug-likeness (QED) is 0.686. The fourth-order valence-corrected chi connectivity index (χ4v) is 3.01. The van der Waals surface area contributed by atoms with Gasteiger partial charge in [0.1, 0.15) is 5.56 Å². The van der Waals surface area contributed by atoms with Gasteiger partial charge in [-0.2, -0.15) is 0 Å². The zero-order chi connectivity index (χ0) is 18.3. The van der Waals surface area contributed by atoms with Crippen molar-refractivity contribution in [2.45, 2.75) is 6.92 Å². The maximum absolute atomic E-state index is 12.3. The van der Waals surface area contributed by atoms with Gasteiger partial charge < -0.3 is 5.11 Å². The molecule has 128 valence electrons. The fourth-order valence-electron chi connectivity index (χ4n) is 2.72. The van der Waals surface area contributed by atoms with E-state index in [1.165, 1.54) is 10.6 Å². The van der Waals surface area contributed by atoms with Crippen LogP contribution in [0.3, 0.4) is 0 Å². The molecule has 2 aromatic carbocycles. The lowest BCUT2D eigenvalue weighted by Gasteiger charge is -2.11. The molecule has 0 radical (unpaired) electrons. The minimum Gasteiger partial charge on any atom is -0.494 e. The van der Waals surface area contributed by atoms with E-state index in [9.17, 15) is 9.90 Å². The molecule has 0 spiro atoms. The Kier molecular flexibility index (Phi) is 3.85. The van der Waals surface area contributed by atoms with Gasteiger partial charge in [-0.05, 0) is 43.4 Å². The summed E-state index contributed by atoms with van der Waals surface area (Å²) in [7, 11) is 0. The average Bonchev–Trinajstić information content (AvgIpc) is 3.03. The second kappa shape index (κ2) is 6.20. The Labute approximate surface area is 153 Å². The molecule has 2 N–H and O–H groups in total. The van der Waals surface area contributed by atoms with E-state index in [1.807, 2.05) is 55.5 Å². The molecule has 3 aromatic rings. The van der Waals surface area contributed by atoms with E-state index in [0.29, 0.717) is 11.5 Å². The minimum atomic E-state index is -0.496. The summed E-state index contributed by atoms with van der Waals surface area (Å²) in [6.07, 6.45) is 1.45. The molecule has 1 aliphatic rings. The number of aromatic hydroxyl groups is 1. The van der Waals surface area contributed by atoms with Gasteiger partial charge in [-0.25, -0.2) is 9.98 Å². The van der Waals surface area contributed by atoms with Crippen LogP contribution < -0.4 is 16.3 Å². The number of aromatic amines is 1. The van der Waals surface area contributed by atoms with Crippen LogP contribution in [0.1, 0.15) is 11.1 Å². The predicted molar refractivity (Wildman–Crippen MR) is 100 cm³/mol. The van der Waals surface area contributed by atoms with Gasteiger partial charge in [-0.15, -0.1) is 0 Å². The molecule has 4 rings (SSSR count). The smallest absolute Gasteiger partial charge is 0.262 e. The second-order valence-corrected chi connectivity index (χ2v) is 6.27. The average molecular weight is 362 g/mol. The van der Waals surface area contributed by atoms with Gasteiger partial charge in [0.05, 0.1) is 16.4 Å². The maximum Gasteiger partial charge on any atom is 0.262 e. The Morgan fingerprint density at radius 1 is 1.08 bits per heavy atom. The Balaban J connectivity index is 1.91. The molecule has 0 unspecified atom stereocenters. The standard InChI is InChI=1S/C19H14N4O2S/c1-11-6-8-12(9-7-11)23-18(25)13(17(24)22-19(23)26)10-16-20-14-4-2-3-5-15(14)21-16/h2-10,25H,1H3,(H,22,24,26). The summed E-state index contributed by atoms with van der Waals surface area (Å²) < 4.78 is 1.52. The summed E-state index contributed by atoms with van der Waals surface area (Å²) in [5.74, 6) is 0.0935. The van der Waals surface area contributed by atoms with E-state index >= 15 is 0 Å². The summed E-state index contributed by atoms with van der Waals surface area (Å²) in [6.45, 7) is 1.96. The molecule has 1 aliphatic heterocycles. The molecule has 7 heteroatoms. The van der Waals surface area contributed by atoms with Crippen LogP contribution in [-0.2, 0) is 0 Å². The number of benzene rings is 2. The van der Waals surface area contributed by atoms with Gasteiger partial charge in [-0.1, -0.05) is 29.8 Å². The molecule has 0 saturated heterocycles. The first-order valence-electron chi connectivity index (χ1n) is 7.92. The van der Waals surface area contributed by atoms with Gasteiger partial charge in [0.2, 0.25) is 5.88 Å². The van der Waals surface area contributed by atoms with Crippen molar-refractivity contribution in [3.8, 4) is 11.6 Å². The lowest BCUT2D eigenvalue weighted by atomic mass is 10.2. The SMILES string of the molecule is Cc1ccc(-n2c(O)c(C=C3N=c4ccccc4=N3)c(=O)[nH]c2=S)cc1. The maximum atomic E-state index is 12.3. The van der Waals surface area contributed by atoms with Crippen LogP contribution in [0.25, 0.3) is 11.8 Å². The largest absolute Gasteiger partial charge is 0.494 e. The molecular weight excluding hydrogens is 348 g/mol. The number of para-hydroxylation sites is 2. The third-order valence-electron chi connectivity index (χ3n) is 4.04. The van der Waals surface area contributed by atoms with Crippen LogP contribution in [0.5, 0.6) is 5.88 Å². The van der Waals surface area contributed by atoms with E-state index in [4.69, 9.17) is 12.2 Å². The van der Waals surface area contributed by atoms with Crippen LogP contribution >= 0.6 is 12.2 Å². The molecule has 26 heavy (non-hydrogen) atoms. The van der Waals surface area contributed by atoms with Crippen LogP contribution in [-0.4, -0.2) is 14.7 Å². The van der Waals surface area contributed by atoms with Crippen molar-refractivity contribution >= 4 is 18.3 Å². The van der Waals surface area contributed by atoms with Crippen molar-refractivity contribution in [2.75, 3.05) is 0 Å². The number of rotatable bonds is 2. The molecule has 0 saturated carbocycles. The molecule has 0 fully saturated rings. The third-order valence-corrected chi connectivity index (χ3v) is 4.32. The number of aromatic nitrogens is 2. The normalized spacial score (nSPS) is 12.3. The van der Waals surface area contributed by atoms with E-state index < -0.39 is 5.56 Å². The number of hydrogen-bond acceptors (Lipinski definition) is 5. The predicted octanol–water partition coefficient (Wildman–Crippen LogP) is 2.16. The highest BCUT2D eigenvalue weighted by atomic mass is 32.1. The Morgan fingerprint density at radius 2 is 1.69 bits per heavy atom. The van der Waals surface area contributed by atoms with Crippen molar-refractivity contribution in [3.63, 3.8) is 0 Å². The monoisotopic (exact) mass is 362 g/mol. The number of fused-ring (bicyclic) bond motifs is 1. The molecule has 1 aromatic heterocycles. The first-order valence-corrected chi connectivity index (χ1v) is 8.33. The summed E-state index contributed by atoms with van der Waals surface area (Å²) >= 11 is 5.22. The third kappa shape index (κ3) is 2.78. The second-order valence-electron chi connectivity index (χ2n) is 5.88. The fraction of sp³-hybridized carbons (Fsp3) is 0.0526. The lowest BCUT2D eigenvalue weighted by Crippen LogP contribution is -2.19. The number of nitrogens with one attached hydrogen (secondary N) is 1. The van der Waals surface area contributed by atoms with Gasteiger partial charge in [-0.3, -0.25) is 14.3 Å². The van der Waals surface area contributed by atoms with Crippen LogP contribution in [0.15, 0.2) is 69.1 Å². The Morgan fingerprint density at radius 3 is 2.31 bits per heavy atom. The van der Waals surface area contributed by atoms with Crippen molar-refractivity contribution in [2.24, 2.45) is 9.98 Å². The van der Waals surface area contributed by atoms with Crippen LogP contribution in [0.4, 0.5) is 0 Å². The Bertz CT molecular complexity index is 1250. The molecular formula is C19H14N4O2S. The van der Waals surface area contributed by atoms with Gasteiger partial charge in [0.15, 0.2) is 10.6 Å². The Hall–Kier alpha value is -3.32. The highest BCUT2D eigenvalue weighted by Gasteiger charge is 2.14. The van der Waals surface area contributed by atoms with Crippen molar-refractivity contribution in [3.05, 3.63) is 91.3 Å². The zero-order valence-corrected chi connectivity index (χ0v) is 14.6. The number of H-pyrrole nitrogens is 1. The molecule has 0 atom stereocenters. The van der Waals surface area contributed by atoms with Crippen molar-refractivity contribution in [1.29, 1.82) is 0 Å². The van der Waals surface area contributed by atoms with Gasteiger partial charge in [0, 0.05) is 6.08 Å². The minimum absolute atomic E-state index is 0.0504. The van der Waals surface area contributed by atoms with E-state index in [1.54, 1.807) is 0 Å². The number of aryl methyl sites for hydroxylation is 1. The lowest BCUT2D eigenvalue weighted by molar-refractivity contribution is 0.432. The summed E-state index contributed by atoms with van der Waals surface area (Å²) in [5, 5.41) is 12.1. The summed E-state index contributed by atoms with van der Waals surface area (Å²) in [5.41, 5.74) is 1.28. The topological polar surface area (TPSA) is 82.7 Å². The van der Waals surface area contributed by atoms with E-state index in [2.05, 4.69) is 15.0 Å².